The Morgan fingerprint density at radius 3 is 2.50 bits per heavy atom. The normalized spacial score (nSPS) is 12.6. The molecule has 0 radical (unpaired) electrons. The highest BCUT2D eigenvalue weighted by Crippen LogP contribution is 2.31. The first kappa shape index (κ1) is 17.7. The summed E-state index contributed by atoms with van der Waals surface area (Å²) in [5.41, 5.74) is 1.08. The standard InChI is InChI=1S/C18H14F3N3O2/c19-18(20,21)16(14-8-4-5-9-22-14)23-17(25)15-11-13(24-26-15)10-12-6-2-1-3-7-12/h1-9,11,16H,10H2,(H,23,25)/t16-/m1/s1. The molecule has 5 nitrogen and oxygen atoms in total. The molecule has 1 amide bonds. The summed E-state index contributed by atoms with van der Waals surface area (Å²) in [7, 11) is 0. The smallest absolute Gasteiger partial charge is 0.351 e. The molecule has 134 valence electrons. The lowest BCUT2D eigenvalue weighted by Crippen LogP contribution is -2.38. The van der Waals surface area contributed by atoms with Gasteiger partial charge in [0.2, 0.25) is 5.76 Å². The lowest BCUT2D eigenvalue weighted by Gasteiger charge is -2.20. The Morgan fingerprint density at radius 2 is 1.85 bits per heavy atom. The molecule has 1 atom stereocenters. The van der Waals surface area contributed by atoms with Crippen LogP contribution >= 0.6 is 0 Å². The lowest BCUT2D eigenvalue weighted by atomic mass is 10.1. The van der Waals surface area contributed by atoms with Gasteiger partial charge in [0.15, 0.2) is 6.04 Å². The molecule has 0 fully saturated rings. The second-order valence-electron chi connectivity index (χ2n) is 5.55. The topological polar surface area (TPSA) is 68.0 Å². The molecule has 0 bridgehead atoms. The number of carbonyl (C=O) groups is 1. The Bertz CT molecular complexity index is 864. The van der Waals surface area contributed by atoms with Crippen LogP contribution in [0.2, 0.25) is 0 Å². The number of aromatic nitrogens is 2. The van der Waals surface area contributed by atoms with Crippen LogP contribution in [0, 0.1) is 0 Å². The number of nitrogens with one attached hydrogen (secondary N) is 1. The van der Waals surface area contributed by atoms with E-state index in [0.717, 1.165) is 5.56 Å². The summed E-state index contributed by atoms with van der Waals surface area (Å²) in [5, 5.41) is 5.65. The molecule has 0 aliphatic heterocycles. The number of alkyl halides is 3. The molecular formula is C18H14F3N3O2. The monoisotopic (exact) mass is 361 g/mol. The number of hydrogen-bond donors (Lipinski definition) is 1. The maximum atomic E-state index is 13.3. The summed E-state index contributed by atoms with van der Waals surface area (Å²) >= 11 is 0. The lowest BCUT2D eigenvalue weighted by molar-refractivity contribution is -0.156. The first-order chi connectivity index (χ1) is 12.4. The number of amides is 1. The van der Waals surface area contributed by atoms with Gasteiger partial charge < -0.3 is 9.84 Å². The van der Waals surface area contributed by atoms with Crippen molar-refractivity contribution in [3.05, 3.63) is 83.5 Å². The van der Waals surface area contributed by atoms with Crippen LogP contribution in [0.25, 0.3) is 0 Å². The van der Waals surface area contributed by atoms with Gasteiger partial charge in [0.1, 0.15) is 0 Å². The van der Waals surface area contributed by atoms with Crippen LogP contribution in [0.4, 0.5) is 13.2 Å². The van der Waals surface area contributed by atoms with Gasteiger partial charge in [0.25, 0.3) is 5.91 Å². The molecule has 1 N–H and O–H groups in total. The van der Waals surface area contributed by atoms with Crippen LogP contribution < -0.4 is 5.32 Å². The van der Waals surface area contributed by atoms with Crippen molar-refractivity contribution in [1.29, 1.82) is 0 Å². The van der Waals surface area contributed by atoms with E-state index in [-0.39, 0.29) is 11.5 Å². The summed E-state index contributed by atoms with van der Waals surface area (Å²) < 4.78 is 44.7. The molecule has 0 saturated carbocycles. The minimum Gasteiger partial charge on any atom is -0.351 e. The van der Waals surface area contributed by atoms with Gasteiger partial charge in [-0.1, -0.05) is 41.6 Å². The molecule has 0 saturated heterocycles. The van der Waals surface area contributed by atoms with Crippen molar-refractivity contribution in [2.24, 2.45) is 0 Å². The Hall–Kier alpha value is -3.16. The molecule has 0 unspecified atom stereocenters. The number of benzene rings is 1. The summed E-state index contributed by atoms with van der Waals surface area (Å²) in [6.45, 7) is 0. The zero-order valence-electron chi connectivity index (χ0n) is 13.4. The number of halogens is 3. The largest absolute Gasteiger partial charge is 0.414 e. The fourth-order valence-corrected chi connectivity index (χ4v) is 2.38. The van der Waals surface area contributed by atoms with Gasteiger partial charge in [0.05, 0.1) is 11.4 Å². The SMILES string of the molecule is O=C(N[C@H](c1ccccn1)C(F)(F)F)c1cc(Cc2ccccc2)no1. The zero-order valence-corrected chi connectivity index (χ0v) is 13.4. The summed E-state index contributed by atoms with van der Waals surface area (Å²) in [6, 6.07) is 12.5. The molecule has 26 heavy (non-hydrogen) atoms. The molecule has 8 heteroatoms. The summed E-state index contributed by atoms with van der Waals surface area (Å²) in [4.78, 5) is 15.8. The van der Waals surface area contributed by atoms with E-state index in [2.05, 4.69) is 10.1 Å². The van der Waals surface area contributed by atoms with Gasteiger partial charge in [-0.2, -0.15) is 13.2 Å². The molecule has 3 rings (SSSR count). The van der Waals surface area contributed by atoms with E-state index in [9.17, 15) is 18.0 Å². The average Bonchev–Trinajstić information content (AvgIpc) is 3.09. The molecule has 3 aromatic rings. The van der Waals surface area contributed by atoms with Crippen LogP contribution in [0.15, 0.2) is 65.3 Å². The maximum absolute atomic E-state index is 13.3. The van der Waals surface area contributed by atoms with E-state index < -0.39 is 18.1 Å². The second-order valence-corrected chi connectivity index (χ2v) is 5.55. The summed E-state index contributed by atoms with van der Waals surface area (Å²) in [5.74, 6) is -1.30. The van der Waals surface area contributed by atoms with Gasteiger partial charge in [0, 0.05) is 18.7 Å². The van der Waals surface area contributed by atoms with Crippen molar-refractivity contribution in [3.8, 4) is 0 Å². The fraction of sp³-hybridized carbons (Fsp3) is 0.167. The predicted octanol–water partition coefficient (Wildman–Crippen LogP) is 3.69. The summed E-state index contributed by atoms with van der Waals surface area (Å²) in [6.07, 6.45) is -3.07. The van der Waals surface area contributed by atoms with Crippen molar-refractivity contribution in [2.45, 2.75) is 18.6 Å². The highest BCUT2D eigenvalue weighted by molar-refractivity contribution is 5.91. The van der Waals surface area contributed by atoms with Crippen LogP contribution in [0.3, 0.4) is 0 Å². The minimum absolute atomic E-state index is 0.291. The van der Waals surface area contributed by atoms with Crippen LogP contribution in [-0.4, -0.2) is 22.2 Å². The van der Waals surface area contributed by atoms with Crippen molar-refractivity contribution in [1.82, 2.24) is 15.5 Å². The van der Waals surface area contributed by atoms with Crippen LogP contribution in [0.1, 0.15) is 33.5 Å². The van der Waals surface area contributed by atoms with Gasteiger partial charge in [-0.25, -0.2) is 0 Å². The molecule has 0 aliphatic carbocycles. The fourth-order valence-electron chi connectivity index (χ4n) is 2.38. The van der Waals surface area contributed by atoms with Crippen molar-refractivity contribution < 1.29 is 22.5 Å². The highest BCUT2D eigenvalue weighted by atomic mass is 19.4. The van der Waals surface area contributed by atoms with E-state index in [1.165, 1.54) is 30.5 Å². The van der Waals surface area contributed by atoms with E-state index in [1.54, 1.807) is 0 Å². The Labute approximate surface area is 146 Å². The maximum Gasteiger partial charge on any atom is 0.414 e. The Morgan fingerprint density at radius 1 is 1.12 bits per heavy atom. The average molecular weight is 361 g/mol. The third kappa shape index (κ3) is 4.27. The molecule has 0 aliphatic rings. The number of pyridine rings is 1. The van der Waals surface area contributed by atoms with E-state index in [0.29, 0.717) is 12.1 Å². The van der Waals surface area contributed by atoms with Crippen LogP contribution in [-0.2, 0) is 6.42 Å². The number of rotatable bonds is 5. The van der Waals surface area contributed by atoms with Gasteiger partial charge in [-0.3, -0.25) is 9.78 Å². The molecular weight excluding hydrogens is 347 g/mol. The zero-order chi connectivity index (χ0) is 18.6. The van der Waals surface area contributed by atoms with Gasteiger partial charge >= 0.3 is 6.18 Å². The first-order valence-electron chi connectivity index (χ1n) is 7.71. The van der Waals surface area contributed by atoms with E-state index in [1.807, 2.05) is 35.6 Å². The molecule has 0 spiro atoms. The third-order valence-electron chi connectivity index (χ3n) is 3.60. The third-order valence-corrected chi connectivity index (χ3v) is 3.60. The minimum atomic E-state index is -4.70. The number of carbonyl (C=O) groups excluding carboxylic acids is 1. The van der Waals surface area contributed by atoms with E-state index >= 15 is 0 Å². The molecule has 2 heterocycles. The van der Waals surface area contributed by atoms with Gasteiger partial charge in [-0.05, 0) is 17.7 Å². The predicted molar refractivity (Wildman–Crippen MR) is 86.3 cm³/mol. The van der Waals surface area contributed by atoms with Crippen molar-refractivity contribution in [2.75, 3.05) is 0 Å². The van der Waals surface area contributed by atoms with Crippen LogP contribution in [0.5, 0.6) is 0 Å². The highest BCUT2D eigenvalue weighted by Gasteiger charge is 2.43. The number of nitrogens with zero attached hydrogens (tertiary/aromatic N) is 2. The molecule has 2 aromatic heterocycles. The number of hydrogen-bond acceptors (Lipinski definition) is 4. The second kappa shape index (κ2) is 7.38. The van der Waals surface area contributed by atoms with Gasteiger partial charge in [-0.15, -0.1) is 0 Å². The van der Waals surface area contributed by atoms with E-state index in [4.69, 9.17) is 4.52 Å². The van der Waals surface area contributed by atoms with Crippen molar-refractivity contribution in [3.63, 3.8) is 0 Å². The Balaban J connectivity index is 1.74. The quantitative estimate of drug-likeness (QED) is 0.753. The first-order valence-corrected chi connectivity index (χ1v) is 7.71. The Kier molecular flexibility index (Phi) is 5.01. The molecule has 1 aromatic carbocycles. The van der Waals surface area contributed by atoms with Crippen molar-refractivity contribution >= 4 is 5.91 Å².